The highest BCUT2D eigenvalue weighted by molar-refractivity contribution is 5.91. The molecule has 2 fully saturated rings. The van der Waals surface area contributed by atoms with E-state index in [0.717, 1.165) is 37.7 Å². The zero-order chi connectivity index (χ0) is 24.5. The van der Waals surface area contributed by atoms with Gasteiger partial charge in [0.1, 0.15) is 11.9 Å². The van der Waals surface area contributed by atoms with Crippen molar-refractivity contribution in [2.45, 2.75) is 51.0 Å². The molecule has 1 atom stereocenters. The third-order valence-corrected chi connectivity index (χ3v) is 7.27. The average molecular weight is 481 g/mol. The Hall–Kier alpha value is -3.12. The van der Waals surface area contributed by atoms with Gasteiger partial charge >= 0.3 is 5.97 Å². The molecule has 0 aromatic heterocycles. The normalized spacial score (nSPS) is 21.5. The summed E-state index contributed by atoms with van der Waals surface area (Å²) in [5, 5.41) is 0. The van der Waals surface area contributed by atoms with E-state index in [1.165, 1.54) is 30.3 Å². The third kappa shape index (κ3) is 4.98. The van der Waals surface area contributed by atoms with Crippen molar-refractivity contribution < 1.29 is 27.4 Å². The van der Waals surface area contributed by atoms with Crippen molar-refractivity contribution in [1.82, 2.24) is 0 Å². The lowest BCUT2D eigenvalue weighted by Crippen LogP contribution is -2.15. The number of hydrogen-bond acceptors (Lipinski definition) is 3. The highest BCUT2D eigenvalue weighted by atomic mass is 19.2. The number of ether oxygens (including phenoxy) is 2. The van der Waals surface area contributed by atoms with Gasteiger partial charge < -0.3 is 9.47 Å². The van der Waals surface area contributed by atoms with Crippen LogP contribution >= 0.6 is 0 Å². The second kappa shape index (κ2) is 9.86. The molecule has 1 unspecified atom stereocenters. The van der Waals surface area contributed by atoms with E-state index in [1.807, 2.05) is 6.07 Å². The van der Waals surface area contributed by atoms with Gasteiger partial charge in [0.15, 0.2) is 11.6 Å². The first kappa shape index (κ1) is 23.6. The van der Waals surface area contributed by atoms with Gasteiger partial charge in [-0.3, -0.25) is 0 Å². The maximum Gasteiger partial charge on any atom is 0.343 e. The van der Waals surface area contributed by atoms with Crippen molar-refractivity contribution in [3.05, 3.63) is 88.7 Å². The number of epoxide rings is 1. The van der Waals surface area contributed by atoms with Crippen LogP contribution in [0.5, 0.6) is 5.75 Å². The van der Waals surface area contributed by atoms with E-state index in [1.54, 1.807) is 18.2 Å². The zero-order valence-electron chi connectivity index (χ0n) is 19.5. The van der Waals surface area contributed by atoms with Gasteiger partial charge in [-0.1, -0.05) is 43.7 Å². The molecule has 3 aromatic carbocycles. The molecule has 0 radical (unpaired) electrons. The summed E-state index contributed by atoms with van der Waals surface area (Å²) in [7, 11) is 0. The van der Waals surface area contributed by atoms with Crippen molar-refractivity contribution >= 4 is 5.97 Å². The largest absolute Gasteiger partial charge is 0.420 e. The van der Waals surface area contributed by atoms with Gasteiger partial charge in [0.25, 0.3) is 0 Å². The first-order chi connectivity index (χ1) is 16.9. The lowest BCUT2D eigenvalue weighted by Gasteiger charge is -2.28. The number of benzene rings is 3. The Kier molecular flexibility index (Phi) is 6.65. The first-order valence-electron chi connectivity index (χ1n) is 12.2. The Bertz CT molecular complexity index is 1230. The summed E-state index contributed by atoms with van der Waals surface area (Å²) in [5.41, 5.74) is 2.27. The van der Waals surface area contributed by atoms with Crippen LogP contribution < -0.4 is 4.74 Å². The number of carbonyl (C=O) groups is 1. The van der Waals surface area contributed by atoms with E-state index in [2.05, 4.69) is 6.92 Å². The molecule has 5 rings (SSSR count). The molecule has 1 aliphatic heterocycles. The molecule has 1 heterocycles. The molecule has 1 saturated carbocycles. The van der Waals surface area contributed by atoms with E-state index in [9.17, 15) is 18.0 Å². The fourth-order valence-corrected chi connectivity index (χ4v) is 4.97. The van der Waals surface area contributed by atoms with Crippen LogP contribution in [-0.4, -0.2) is 12.6 Å². The van der Waals surface area contributed by atoms with Crippen LogP contribution in [0.3, 0.4) is 0 Å². The smallest absolute Gasteiger partial charge is 0.343 e. The summed E-state index contributed by atoms with van der Waals surface area (Å²) in [6.07, 6.45) is 4.76. The molecule has 0 bridgehead atoms. The highest BCUT2D eigenvalue weighted by Crippen LogP contribution is 2.39. The van der Waals surface area contributed by atoms with Gasteiger partial charge in [0, 0.05) is 5.56 Å². The predicted octanol–water partition coefficient (Wildman–Crippen LogP) is 7.75. The highest BCUT2D eigenvalue weighted by Gasteiger charge is 2.27. The molecule has 1 saturated heterocycles. The summed E-state index contributed by atoms with van der Waals surface area (Å²) in [6.45, 7) is 2.75. The summed E-state index contributed by atoms with van der Waals surface area (Å²) >= 11 is 0. The van der Waals surface area contributed by atoms with Gasteiger partial charge in [-0.25, -0.2) is 13.6 Å². The summed E-state index contributed by atoms with van der Waals surface area (Å²) < 4.78 is 54.5. The quantitative estimate of drug-likeness (QED) is 0.206. The van der Waals surface area contributed by atoms with Crippen molar-refractivity contribution in [3.8, 4) is 16.9 Å². The maximum absolute atomic E-state index is 14.8. The van der Waals surface area contributed by atoms with Crippen molar-refractivity contribution in [2.24, 2.45) is 5.92 Å². The van der Waals surface area contributed by atoms with Gasteiger partial charge in [-0.15, -0.1) is 0 Å². The molecule has 3 aromatic rings. The summed E-state index contributed by atoms with van der Waals surface area (Å²) in [4.78, 5) is 12.6. The van der Waals surface area contributed by atoms with Crippen LogP contribution in [-0.2, 0) is 4.74 Å². The monoisotopic (exact) mass is 480 g/mol. The van der Waals surface area contributed by atoms with Crippen LogP contribution in [0.15, 0.2) is 54.6 Å². The molecule has 1 aliphatic carbocycles. The summed E-state index contributed by atoms with van der Waals surface area (Å²) in [6, 6.07) is 13.9. The van der Waals surface area contributed by atoms with Crippen molar-refractivity contribution in [1.29, 1.82) is 0 Å². The maximum atomic E-state index is 14.8. The van der Waals surface area contributed by atoms with Crippen molar-refractivity contribution in [3.63, 3.8) is 0 Å². The number of carbonyl (C=O) groups excluding carboxylic acids is 1. The molecule has 35 heavy (non-hydrogen) atoms. The Morgan fingerprint density at radius 1 is 0.943 bits per heavy atom. The SMILES string of the molecule is CCC1CCC(c2ccc(OC(=O)c3ccc(-c4ccc(C5CO5)cc4F)cc3)c(F)c2F)CC1. The van der Waals surface area contributed by atoms with Crippen LogP contribution in [0.4, 0.5) is 13.2 Å². The number of halogens is 3. The number of rotatable bonds is 6. The van der Waals surface area contributed by atoms with E-state index in [4.69, 9.17) is 9.47 Å². The van der Waals surface area contributed by atoms with Gasteiger partial charge in [0.2, 0.25) is 5.82 Å². The molecule has 6 heteroatoms. The Balaban J connectivity index is 1.28. The lowest BCUT2D eigenvalue weighted by atomic mass is 9.77. The van der Waals surface area contributed by atoms with Gasteiger partial charge in [0.05, 0.1) is 12.2 Å². The third-order valence-electron chi connectivity index (χ3n) is 7.27. The minimum Gasteiger partial charge on any atom is -0.420 e. The van der Waals surface area contributed by atoms with E-state index < -0.39 is 23.4 Å². The standard InChI is InChI=1S/C29H27F3O3/c1-2-17-3-5-19(6-4-17)23-13-14-25(28(32)27(23)31)35-29(33)20-9-7-18(8-10-20)22-12-11-21(15-24(22)30)26-16-34-26/h7-15,17,19,26H,2-6,16H2,1H3. The van der Waals surface area contributed by atoms with E-state index in [-0.39, 0.29) is 23.4 Å². The zero-order valence-corrected chi connectivity index (χ0v) is 19.5. The Labute approximate surface area is 202 Å². The van der Waals surface area contributed by atoms with Crippen LogP contribution in [0, 0.1) is 23.4 Å². The predicted molar refractivity (Wildman–Crippen MR) is 127 cm³/mol. The van der Waals surface area contributed by atoms with Crippen LogP contribution in [0.2, 0.25) is 0 Å². The van der Waals surface area contributed by atoms with Gasteiger partial charge in [-0.2, -0.15) is 4.39 Å². The van der Waals surface area contributed by atoms with Crippen LogP contribution in [0.25, 0.3) is 11.1 Å². The molecule has 3 nitrogen and oxygen atoms in total. The topological polar surface area (TPSA) is 38.8 Å². The molecule has 182 valence electrons. The van der Waals surface area contributed by atoms with Gasteiger partial charge in [-0.05, 0) is 78.5 Å². The van der Waals surface area contributed by atoms with Crippen LogP contribution in [0.1, 0.15) is 72.5 Å². The Morgan fingerprint density at radius 3 is 2.29 bits per heavy atom. The molecule has 2 aliphatic rings. The molecular weight excluding hydrogens is 453 g/mol. The average Bonchev–Trinajstić information content (AvgIpc) is 3.73. The first-order valence-corrected chi connectivity index (χ1v) is 12.2. The van der Waals surface area contributed by atoms with Crippen molar-refractivity contribution in [2.75, 3.05) is 6.61 Å². The lowest BCUT2D eigenvalue weighted by molar-refractivity contribution is 0.0726. The molecule has 0 N–H and O–H groups in total. The summed E-state index contributed by atoms with van der Waals surface area (Å²) in [5.74, 6) is -3.09. The Morgan fingerprint density at radius 2 is 1.66 bits per heavy atom. The molecule has 0 amide bonds. The fraction of sp³-hybridized carbons (Fsp3) is 0.345. The minimum atomic E-state index is -1.15. The number of esters is 1. The number of hydrogen-bond donors (Lipinski definition) is 0. The second-order valence-corrected chi connectivity index (χ2v) is 9.43. The molecule has 0 spiro atoms. The van der Waals surface area contributed by atoms with E-state index >= 15 is 0 Å². The fourth-order valence-electron chi connectivity index (χ4n) is 4.97. The van der Waals surface area contributed by atoms with E-state index in [0.29, 0.717) is 29.2 Å². The minimum absolute atomic E-state index is 0.0177. The second-order valence-electron chi connectivity index (χ2n) is 9.43. The molecular formula is C29H27F3O3.